The second-order valence-electron chi connectivity index (χ2n) is 30.0. The van der Waals surface area contributed by atoms with E-state index in [9.17, 15) is 5.53 Å². The van der Waals surface area contributed by atoms with Gasteiger partial charge in [-0.2, -0.15) is 0 Å². The molecule has 3 rings (SSSR count). The van der Waals surface area contributed by atoms with Gasteiger partial charge in [-0.05, 0) is 86.8 Å². The van der Waals surface area contributed by atoms with Crippen molar-refractivity contribution >= 4 is 11.4 Å². The second-order valence-corrected chi connectivity index (χ2v) is 31.5. The first-order chi connectivity index (χ1) is 46.6. The van der Waals surface area contributed by atoms with Crippen LogP contribution >= 0.6 is 0 Å². The van der Waals surface area contributed by atoms with E-state index >= 15 is 0 Å². The first kappa shape index (κ1) is 88.1. The molecule has 2 aromatic carbocycles. The van der Waals surface area contributed by atoms with Gasteiger partial charge < -0.3 is 5.53 Å². The molecule has 2 nitrogen and oxygen atoms in total. The molecule has 0 fully saturated rings. The maximum absolute atomic E-state index is 11.9. The van der Waals surface area contributed by atoms with Crippen molar-refractivity contribution in [3.8, 4) is 0 Å². The Morgan fingerprint density at radius 3 is 0.798 bits per heavy atom. The quantitative estimate of drug-likeness (QED) is 0.0358. The summed E-state index contributed by atoms with van der Waals surface area (Å²) in [5.41, 5.74) is 21.8. The van der Waals surface area contributed by atoms with E-state index in [1.165, 1.54) is 443 Å². The number of unbranched alkanes of at least 4 members (excludes halogenated alkanes) is 57. The number of aryl methyl sites for hydroxylation is 2. The number of rotatable bonds is 71. The van der Waals surface area contributed by atoms with E-state index in [1.807, 2.05) is 0 Å². The summed E-state index contributed by atoms with van der Waals surface area (Å²) in [6.07, 6.45) is 94.6. The minimum absolute atomic E-state index is 1.02. The minimum Gasteiger partial charge on any atom is -0.0654 e. The monoisotopic (exact) mass is 1340 g/mol. The third kappa shape index (κ3) is 50.4. The molecular weight excluding hydrogens is 1180 g/mol. The Morgan fingerprint density at radius 2 is 0.479 bits per heavy atom. The fourth-order valence-electron chi connectivity index (χ4n) is 14.6. The number of allylic oxidation sites excluding steroid dienone is 2. The Hall–Kier alpha value is -1.99. The summed E-state index contributed by atoms with van der Waals surface area (Å²) in [5.74, 6) is 0. The molecule has 0 aromatic heterocycles. The summed E-state index contributed by atoms with van der Waals surface area (Å²) in [5, 5.41) is 2.87. The van der Waals surface area contributed by atoms with Crippen LogP contribution in [0.25, 0.3) is 16.9 Å². The molecule has 1 heterocycles. The molecule has 0 unspecified atom stereocenters. The molecule has 0 radical (unpaired) electrons. The molecule has 0 atom stereocenters. The van der Waals surface area contributed by atoms with Crippen molar-refractivity contribution in [3.05, 3.63) is 87.5 Å². The molecule has 0 saturated heterocycles. The molecule has 0 saturated carbocycles. The van der Waals surface area contributed by atoms with E-state index < -0.39 is 0 Å². The maximum atomic E-state index is 11.9. The summed E-state index contributed by atoms with van der Waals surface area (Å²) in [6, 6.07) is 18.0. The SMILES string of the molecule is CCCCCCC1=C(c2cccc(CCCCCC)c2)[N+](=[N-])C(c2ccc(CCCC)cc2)=C1CCCCC.CCCCCCCCCCCCCCCCCCCCCCCCCC[CH2][Ni][CH2]CCCCCCCCCCCCCCCCCCCCCCCCCC. The molecule has 0 aliphatic carbocycles. The zero-order chi connectivity index (χ0) is 67.4. The molecule has 0 bridgehead atoms. The number of nitrogens with zero attached hydrogens (tertiary/aromatic N) is 2. The third-order valence-corrected chi connectivity index (χ3v) is 22.3. The molecule has 3 heteroatoms. The molecule has 0 N–H and O–H groups in total. The van der Waals surface area contributed by atoms with Crippen molar-refractivity contribution < 1.29 is 19.1 Å². The van der Waals surface area contributed by atoms with Gasteiger partial charge in [-0.1, -0.05) is 303 Å². The van der Waals surface area contributed by atoms with Gasteiger partial charge in [-0.25, -0.2) is 4.70 Å². The van der Waals surface area contributed by atoms with Crippen LogP contribution in [0, 0.1) is 0 Å². The summed E-state index contributed by atoms with van der Waals surface area (Å²) >= 11 is 2.05. The van der Waals surface area contributed by atoms with E-state index in [1.54, 1.807) is 4.70 Å². The Labute approximate surface area is 596 Å². The summed E-state index contributed by atoms with van der Waals surface area (Å²) in [4.78, 5) is 0. The van der Waals surface area contributed by atoms with Crippen molar-refractivity contribution in [2.75, 3.05) is 0 Å². The van der Waals surface area contributed by atoms with Gasteiger partial charge in [0.1, 0.15) is 0 Å². The average Bonchev–Trinajstić information content (AvgIpc) is 1.61. The second kappa shape index (κ2) is 69.5. The standard InChI is InChI=1S/C37H54N2.2C27H55.Ni/c1-5-9-13-16-20-31-21-18-22-33(29-31)37-35(24-17-14-10-6-2)34(23-15-11-7-3)36(39(37)38)32-27-25-30(26-28-32)19-12-8-4;2*1-3-5-7-9-11-13-15-17-19-21-23-25-27-26-24-22-20-18-16-14-12-10-8-6-4-2;/h18,21-22,25-29H,5-17,19-20,23-24H2,1-4H3;2*1,3-27H2,2H3;. The van der Waals surface area contributed by atoms with Gasteiger partial charge in [0.25, 0.3) is 0 Å². The van der Waals surface area contributed by atoms with Gasteiger partial charge in [-0.15, -0.1) is 0 Å². The predicted octanol–water partition coefficient (Wildman–Crippen LogP) is 33.3. The Morgan fingerprint density at radius 1 is 0.234 bits per heavy atom. The van der Waals surface area contributed by atoms with Gasteiger partial charge in [0.2, 0.25) is 11.4 Å². The Balaban J connectivity index is 0.000000675. The van der Waals surface area contributed by atoms with E-state index in [4.69, 9.17) is 0 Å². The molecule has 94 heavy (non-hydrogen) atoms. The van der Waals surface area contributed by atoms with Crippen molar-refractivity contribution in [2.24, 2.45) is 0 Å². The normalized spacial score (nSPS) is 12.6. The molecule has 2 aromatic rings. The van der Waals surface area contributed by atoms with Crippen molar-refractivity contribution in [1.82, 2.24) is 0 Å². The van der Waals surface area contributed by atoms with Gasteiger partial charge >= 0.3 is 166 Å². The first-order valence-corrected chi connectivity index (χ1v) is 44.5. The zero-order valence-electron chi connectivity index (χ0n) is 64.6. The van der Waals surface area contributed by atoms with E-state index in [0.717, 1.165) is 42.6 Å². The van der Waals surface area contributed by atoms with Crippen LogP contribution in [-0.4, -0.2) is 4.70 Å². The van der Waals surface area contributed by atoms with Crippen molar-refractivity contribution in [1.29, 1.82) is 0 Å². The molecule has 1 aliphatic rings. The number of benzene rings is 2. The van der Waals surface area contributed by atoms with Gasteiger partial charge in [0.15, 0.2) is 0 Å². The molecule has 548 valence electrons. The molecular formula is C91H164N2Ni. The topological polar surface area (TPSA) is 25.3 Å². The minimum atomic E-state index is 1.02. The number of hydrogen-bond donors (Lipinski definition) is 0. The van der Waals surface area contributed by atoms with Crippen LogP contribution in [0.4, 0.5) is 0 Å². The summed E-state index contributed by atoms with van der Waals surface area (Å²) in [7, 11) is 0. The van der Waals surface area contributed by atoms with Crippen molar-refractivity contribution in [2.45, 2.75) is 483 Å². The summed E-state index contributed by atoms with van der Waals surface area (Å²) < 4.78 is 1.56. The van der Waals surface area contributed by atoms with Crippen LogP contribution in [0.2, 0.25) is 10.8 Å². The number of hydrogen-bond acceptors (Lipinski definition) is 0. The molecule has 1 aliphatic heterocycles. The van der Waals surface area contributed by atoms with E-state index in [0.29, 0.717) is 0 Å². The smallest absolute Gasteiger partial charge is 0.0654 e. The van der Waals surface area contributed by atoms with Crippen molar-refractivity contribution in [3.63, 3.8) is 0 Å². The molecule has 0 amide bonds. The van der Waals surface area contributed by atoms with Gasteiger partial charge in [0, 0.05) is 22.3 Å². The van der Waals surface area contributed by atoms with Gasteiger partial charge in [0.05, 0.1) is 0 Å². The third-order valence-electron chi connectivity index (χ3n) is 20.9. The predicted molar refractivity (Wildman–Crippen MR) is 422 cm³/mol. The average molecular weight is 1350 g/mol. The van der Waals surface area contributed by atoms with E-state index in [2.05, 4.69) is 105 Å². The molecule has 0 spiro atoms. The van der Waals surface area contributed by atoms with Crippen LogP contribution in [0.3, 0.4) is 0 Å². The van der Waals surface area contributed by atoms with Crippen LogP contribution in [-0.2, 0) is 27.3 Å². The Bertz CT molecular complexity index is 1920. The zero-order valence-corrected chi connectivity index (χ0v) is 65.6. The van der Waals surface area contributed by atoms with Crippen LogP contribution in [0.15, 0.2) is 59.7 Å². The van der Waals surface area contributed by atoms with Gasteiger partial charge in [-0.3, -0.25) is 0 Å². The summed E-state index contributed by atoms with van der Waals surface area (Å²) in [6.45, 7) is 13.7. The Kier molecular flexibility index (Phi) is 65.1. The van der Waals surface area contributed by atoms with Crippen LogP contribution in [0.1, 0.15) is 481 Å². The van der Waals surface area contributed by atoms with E-state index in [-0.39, 0.29) is 0 Å². The fraction of sp³-hybridized carbons (Fsp3) is 0.824. The fourth-order valence-corrected chi connectivity index (χ4v) is 15.8. The van der Waals surface area contributed by atoms with Crippen LogP contribution in [0.5, 0.6) is 0 Å². The first-order valence-electron chi connectivity index (χ1n) is 43.1. The van der Waals surface area contributed by atoms with Crippen LogP contribution < -0.4 is 0 Å².